The lowest BCUT2D eigenvalue weighted by Gasteiger charge is -2.10. The molecule has 0 saturated heterocycles. The summed E-state index contributed by atoms with van der Waals surface area (Å²) >= 11 is 0. The third kappa shape index (κ3) is 3.38. The normalized spacial score (nSPS) is 11.1. The highest BCUT2D eigenvalue weighted by molar-refractivity contribution is 7.92. The number of Topliss-reactive ketones (excluding diaryl/α,β-unsaturated/α-hetero) is 1. The van der Waals surface area contributed by atoms with Gasteiger partial charge in [-0.15, -0.1) is 0 Å². The number of ketones is 1. The summed E-state index contributed by atoms with van der Waals surface area (Å²) in [4.78, 5) is 11.6. The van der Waals surface area contributed by atoms with Gasteiger partial charge in [-0.3, -0.25) is 9.52 Å². The molecule has 16 heavy (non-hydrogen) atoms. The quantitative estimate of drug-likeness (QED) is 0.590. The predicted molar refractivity (Wildman–Crippen MR) is 67.7 cm³/mol. The molecule has 0 amide bonds. The first-order chi connectivity index (χ1) is 7.33. The number of anilines is 1. The number of benzene rings is 1. The topological polar surface area (TPSA) is 63.2 Å². The first kappa shape index (κ1) is 12.8. The Balaban J connectivity index is 3.23. The second-order valence-corrected chi connectivity index (χ2v) is 5.45. The minimum absolute atomic E-state index is 0.0742. The van der Waals surface area contributed by atoms with Gasteiger partial charge in [0.25, 0.3) is 0 Å². The van der Waals surface area contributed by atoms with Gasteiger partial charge in [0.2, 0.25) is 10.0 Å². The molecule has 0 fully saturated rings. The molecule has 86 valence electrons. The molecule has 4 nitrogen and oxygen atoms in total. The molecule has 0 aromatic heterocycles. The molecule has 6 heteroatoms. The SMILES string of the molecule is Bc1ccc(NS(C)(=O)=O)c(C(=O)CC)c1. The minimum atomic E-state index is -3.36. The molecule has 1 N–H and O–H groups in total. The Morgan fingerprint density at radius 2 is 2.06 bits per heavy atom. The number of rotatable bonds is 4. The van der Waals surface area contributed by atoms with E-state index in [1.165, 1.54) is 0 Å². The Morgan fingerprint density at radius 1 is 1.44 bits per heavy atom. The van der Waals surface area contributed by atoms with Crippen LogP contribution in [0.2, 0.25) is 0 Å². The molecular formula is C10H14BNO3S. The first-order valence-electron chi connectivity index (χ1n) is 4.95. The van der Waals surface area contributed by atoms with E-state index in [9.17, 15) is 13.2 Å². The lowest BCUT2D eigenvalue weighted by molar-refractivity contribution is 0.0989. The van der Waals surface area contributed by atoms with E-state index in [-0.39, 0.29) is 5.78 Å². The van der Waals surface area contributed by atoms with Crippen LogP contribution in [-0.2, 0) is 10.0 Å². The minimum Gasteiger partial charge on any atom is -0.294 e. The third-order valence-electron chi connectivity index (χ3n) is 2.09. The molecule has 0 aliphatic carbocycles. The zero-order valence-electron chi connectivity index (χ0n) is 9.57. The largest absolute Gasteiger partial charge is 0.294 e. The van der Waals surface area contributed by atoms with Crippen molar-refractivity contribution in [2.45, 2.75) is 13.3 Å². The fourth-order valence-electron chi connectivity index (χ4n) is 1.37. The maximum absolute atomic E-state index is 11.6. The fraction of sp³-hybridized carbons (Fsp3) is 0.300. The number of nitrogens with one attached hydrogen (secondary N) is 1. The molecule has 0 unspecified atom stereocenters. The van der Waals surface area contributed by atoms with Gasteiger partial charge in [0, 0.05) is 12.0 Å². The van der Waals surface area contributed by atoms with Gasteiger partial charge in [0.15, 0.2) is 5.78 Å². The predicted octanol–water partition coefficient (Wildman–Crippen LogP) is -0.0908. The number of sulfonamides is 1. The maximum atomic E-state index is 11.6. The van der Waals surface area contributed by atoms with Crippen LogP contribution in [0.1, 0.15) is 23.7 Å². The zero-order valence-corrected chi connectivity index (χ0v) is 10.4. The van der Waals surface area contributed by atoms with Crippen LogP contribution in [0.3, 0.4) is 0 Å². The summed E-state index contributed by atoms with van der Waals surface area (Å²) in [6.07, 6.45) is 1.41. The number of hydrogen-bond acceptors (Lipinski definition) is 3. The molecule has 0 saturated carbocycles. The highest BCUT2D eigenvalue weighted by Crippen LogP contribution is 2.16. The molecule has 0 aliphatic heterocycles. The Labute approximate surface area is 96.5 Å². The summed E-state index contributed by atoms with van der Waals surface area (Å²) in [5.74, 6) is -0.0742. The average molecular weight is 239 g/mol. The van der Waals surface area contributed by atoms with Gasteiger partial charge in [0.1, 0.15) is 7.85 Å². The average Bonchev–Trinajstić information content (AvgIpc) is 2.17. The van der Waals surface area contributed by atoms with Gasteiger partial charge in [-0.05, 0) is 6.07 Å². The van der Waals surface area contributed by atoms with E-state index < -0.39 is 10.0 Å². The van der Waals surface area contributed by atoms with Crippen molar-refractivity contribution in [1.29, 1.82) is 0 Å². The zero-order chi connectivity index (χ0) is 12.3. The Kier molecular flexibility index (Phi) is 3.75. The van der Waals surface area contributed by atoms with E-state index in [4.69, 9.17) is 0 Å². The van der Waals surface area contributed by atoms with Gasteiger partial charge in [-0.2, -0.15) is 0 Å². The molecule has 1 aromatic carbocycles. The van der Waals surface area contributed by atoms with Crippen molar-refractivity contribution in [3.8, 4) is 0 Å². The summed E-state index contributed by atoms with van der Waals surface area (Å²) in [5, 5.41) is 0. The van der Waals surface area contributed by atoms with Crippen molar-refractivity contribution in [2.24, 2.45) is 0 Å². The fourth-order valence-corrected chi connectivity index (χ4v) is 1.95. The van der Waals surface area contributed by atoms with E-state index >= 15 is 0 Å². The standard InChI is InChI=1S/C10H14BNO3S/c1-3-10(13)8-6-7(11)4-5-9(8)12-16(2,14)15/h4-6,12H,3,11H2,1-2H3. The Hall–Kier alpha value is -1.30. The van der Waals surface area contributed by atoms with E-state index in [0.29, 0.717) is 17.7 Å². The van der Waals surface area contributed by atoms with Crippen LogP contribution in [0.5, 0.6) is 0 Å². The summed E-state index contributed by atoms with van der Waals surface area (Å²) in [6.45, 7) is 1.74. The molecule has 0 heterocycles. The van der Waals surface area contributed by atoms with Crippen LogP contribution >= 0.6 is 0 Å². The third-order valence-corrected chi connectivity index (χ3v) is 2.68. The summed E-state index contributed by atoms with van der Waals surface area (Å²) < 4.78 is 24.6. The maximum Gasteiger partial charge on any atom is 0.229 e. The molecule has 0 atom stereocenters. The van der Waals surface area contributed by atoms with Gasteiger partial charge in [0.05, 0.1) is 11.9 Å². The Morgan fingerprint density at radius 3 is 2.56 bits per heavy atom. The van der Waals surface area contributed by atoms with Crippen LogP contribution in [0.25, 0.3) is 0 Å². The van der Waals surface area contributed by atoms with Gasteiger partial charge < -0.3 is 0 Å². The summed E-state index contributed by atoms with van der Waals surface area (Å²) in [6, 6.07) is 5.07. The monoisotopic (exact) mass is 239 g/mol. The molecular weight excluding hydrogens is 225 g/mol. The molecule has 0 radical (unpaired) electrons. The molecule has 0 bridgehead atoms. The van der Waals surface area contributed by atoms with Crippen molar-refractivity contribution in [3.63, 3.8) is 0 Å². The van der Waals surface area contributed by atoms with Crippen LogP contribution in [0.15, 0.2) is 18.2 Å². The van der Waals surface area contributed by atoms with E-state index in [0.717, 1.165) is 11.7 Å². The number of hydrogen-bond donors (Lipinski definition) is 1. The van der Waals surface area contributed by atoms with E-state index in [1.54, 1.807) is 25.1 Å². The summed E-state index contributed by atoms with van der Waals surface area (Å²) in [7, 11) is -1.50. The van der Waals surface area contributed by atoms with Crippen LogP contribution in [-0.4, -0.2) is 28.3 Å². The van der Waals surface area contributed by atoms with Gasteiger partial charge in [-0.1, -0.05) is 24.5 Å². The van der Waals surface area contributed by atoms with Crippen molar-refractivity contribution in [1.82, 2.24) is 0 Å². The number of carbonyl (C=O) groups excluding carboxylic acids is 1. The van der Waals surface area contributed by atoms with E-state index in [2.05, 4.69) is 4.72 Å². The second kappa shape index (κ2) is 4.70. The Bertz CT molecular complexity index is 511. The smallest absolute Gasteiger partial charge is 0.229 e. The highest BCUT2D eigenvalue weighted by atomic mass is 32.2. The molecule has 0 aliphatic rings. The van der Waals surface area contributed by atoms with Crippen LogP contribution < -0.4 is 10.2 Å². The lowest BCUT2D eigenvalue weighted by Crippen LogP contribution is -2.15. The van der Waals surface area contributed by atoms with Crippen LogP contribution in [0.4, 0.5) is 5.69 Å². The second-order valence-electron chi connectivity index (χ2n) is 3.70. The van der Waals surface area contributed by atoms with Gasteiger partial charge in [-0.25, -0.2) is 8.42 Å². The summed E-state index contributed by atoms with van der Waals surface area (Å²) in [5.41, 5.74) is 1.70. The molecule has 0 spiro atoms. The van der Waals surface area contributed by atoms with E-state index in [1.807, 2.05) is 7.85 Å². The van der Waals surface area contributed by atoms with Crippen molar-refractivity contribution < 1.29 is 13.2 Å². The lowest BCUT2D eigenvalue weighted by atomic mass is 9.92. The highest BCUT2D eigenvalue weighted by Gasteiger charge is 2.12. The van der Waals surface area contributed by atoms with Crippen LogP contribution in [0, 0.1) is 0 Å². The first-order valence-corrected chi connectivity index (χ1v) is 6.84. The molecule has 1 aromatic rings. The van der Waals surface area contributed by atoms with Crippen molar-refractivity contribution in [3.05, 3.63) is 23.8 Å². The van der Waals surface area contributed by atoms with Gasteiger partial charge >= 0.3 is 0 Å². The van der Waals surface area contributed by atoms with Crippen molar-refractivity contribution in [2.75, 3.05) is 11.0 Å². The van der Waals surface area contributed by atoms with Crippen molar-refractivity contribution >= 4 is 34.8 Å². The number of carbonyl (C=O) groups is 1. The molecule has 1 rings (SSSR count).